The van der Waals surface area contributed by atoms with E-state index in [0.29, 0.717) is 5.75 Å². The predicted molar refractivity (Wildman–Crippen MR) is 109 cm³/mol. The van der Waals surface area contributed by atoms with Crippen LogP contribution in [0, 0.1) is 0 Å². The van der Waals surface area contributed by atoms with E-state index in [9.17, 15) is 30.0 Å². The molecular weight excluding hydrogens is 460 g/mol. The lowest BCUT2D eigenvalue weighted by Gasteiger charge is -2.43. The van der Waals surface area contributed by atoms with Gasteiger partial charge in [-0.1, -0.05) is 0 Å². The Balaban J connectivity index is 1.81. The number of benzene rings is 1. The zero-order valence-corrected chi connectivity index (χ0v) is 18.7. The second-order valence-electron chi connectivity index (χ2n) is 7.67. The van der Waals surface area contributed by atoms with Crippen molar-refractivity contribution in [2.24, 2.45) is 0 Å². The molecule has 4 N–H and O–H groups in total. The summed E-state index contributed by atoms with van der Waals surface area (Å²) >= 11 is 0. The Morgan fingerprint density at radius 3 is 2.21 bits per heavy atom. The molecule has 0 saturated carbocycles. The molecule has 34 heavy (non-hydrogen) atoms. The van der Waals surface area contributed by atoms with E-state index >= 15 is 0 Å². The lowest BCUT2D eigenvalue weighted by atomic mass is 10.0. The minimum Gasteiger partial charge on any atom is -0.493 e. The maximum Gasteiger partial charge on any atom is 0.338 e. The molecule has 0 amide bonds. The number of carbonyl (C=O) groups excluding carboxylic acids is 2. The summed E-state index contributed by atoms with van der Waals surface area (Å²) < 4.78 is 36.8. The Morgan fingerprint density at radius 1 is 0.882 bits per heavy atom. The largest absolute Gasteiger partial charge is 0.493 e. The summed E-state index contributed by atoms with van der Waals surface area (Å²) in [7, 11) is 2.82. The second kappa shape index (κ2) is 11.3. The standard InChI is InChI=1S/C21H28O13/c1-9(22)32-18-16(12(24)8-30-20(18)27)34-21-17(15(25)11(23)7-31-21)33-19(26)10-4-5-13(28-2)14(6-10)29-3/h4-6,11-12,15-18,20-21,23-25,27H,7-8H2,1-3H3/t11-,12+,15+,16+,17-,18-,20-,21+/m1/s1. The number of rotatable bonds is 7. The van der Waals surface area contributed by atoms with Gasteiger partial charge in [0.25, 0.3) is 0 Å². The molecule has 0 unspecified atom stereocenters. The molecule has 0 aliphatic carbocycles. The number of aliphatic hydroxyl groups excluding tert-OH is 4. The molecule has 2 fully saturated rings. The summed E-state index contributed by atoms with van der Waals surface area (Å²) in [5.74, 6) is -1.04. The van der Waals surface area contributed by atoms with Crippen LogP contribution in [-0.4, -0.2) is 109 Å². The predicted octanol–water partition coefficient (Wildman–Crippen LogP) is -1.67. The van der Waals surface area contributed by atoms with E-state index in [2.05, 4.69) is 0 Å². The van der Waals surface area contributed by atoms with E-state index < -0.39 is 61.1 Å². The zero-order valence-electron chi connectivity index (χ0n) is 18.7. The second-order valence-corrected chi connectivity index (χ2v) is 7.67. The highest BCUT2D eigenvalue weighted by atomic mass is 16.7. The first-order valence-electron chi connectivity index (χ1n) is 10.4. The first-order valence-corrected chi connectivity index (χ1v) is 10.4. The molecule has 2 saturated heterocycles. The van der Waals surface area contributed by atoms with Crippen LogP contribution < -0.4 is 9.47 Å². The summed E-state index contributed by atoms with van der Waals surface area (Å²) in [4.78, 5) is 24.2. The first kappa shape index (κ1) is 26.1. The van der Waals surface area contributed by atoms with Crippen molar-refractivity contribution in [1.82, 2.24) is 0 Å². The molecule has 0 bridgehead atoms. The van der Waals surface area contributed by atoms with Crippen LogP contribution >= 0.6 is 0 Å². The Labute approximate surface area is 194 Å². The van der Waals surface area contributed by atoms with Gasteiger partial charge in [0.15, 0.2) is 36.3 Å². The van der Waals surface area contributed by atoms with Gasteiger partial charge in [-0.2, -0.15) is 0 Å². The lowest BCUT2D eigenvalue weighted by molar-refractivity contribution is -0.329. The molecule has 1 aromatic carbocycles. The summed E-state index contributed by atoms with van der Waals surface area (Å²) in [6.07, 6.45) is -11.8. The third-order valence-corrected chi connectivity index (χ3v) is 5.31. The average Bonchev–Trinajstić information content (AvgIpc) is 2.81. The van der Waals surface area contributed by atoms with Crippen molar-refractivity contribution in [2.75, 3.05) is 27.4 Å². The number of carbonyl (C=O) groups is 2. The number of methoxy groups -OCH3 is 2. The molecule has 13 nitrogen and oxygen atoms in total. The fourth-order valence-electron chi connectivity index (χ4n) is 3.57. The molecule has 1 aromatic rings. The van der Waals surface area contributed by atoms with Crippen molar-refractivity contribution >= 4 is 11.9 Å². The van der Waals surface area contributed by atoms with Crippen LogP contribution in [0.1, 0.15) is 17.3 Å². The summed E-state index contributed by atoms with van der Waals surface area (Å²) in [6, 6.07) is 4.25. The molecule has 8 atom stereocenters. The van der Waals surface area contributed by atoms with E-state index in [4.69, 9.17) is 33.2 Å². The minimum absolute atomic E-state index is 0.0444. The summed E-state index contributed by atoms with van der Waals surface area (Å²) in [5.41, 5.74) is 0.0444. The number of ether oxygens (including phenoxy) is 7. The Morgan fingerprint density at radius 2 is 1.56 bits per heavy atom. The highest BCUT2D eigenvalue weighted by Crippen LogP contribution is 2.30. The maximum atomic E-state index is 12.8. The van der Waals surface area contributed by atoms with E-state index in [0.717, 1.165) is 6.92 Å². The van der Waals surface area contributed by atoms with Crippen molar-refractivity contribution in [3.05, 3.63) is 23.8 Å². The zero-order chi connectivity index (χ0) is 25.0. The van der Waals surface area contributed by atoms with Gasteiger partial charge in [-0.05, 0) is 18.2 Å². The van der Waals surface area contributed by atoms with Gasteiger partial charge in [0.05, 0.1) is 33.0 Å². The quantitative estimate of drug-likeness (QED) is 0.320. The van der Waals surface area contributed by atoms with Gasteiger partial charge in [-0.25, -0.2) is 4.79 Å². The fourth-order valence-corrected chi connectivity index (χ4v) is 3.57. The van der Waals surface area contributed by atoms with Crippen molar-refractivity contribution in [1.29, 1.82) is 0 Å². The number of aliphatic hydroxyl groups is 4. The first-order chi connectivity index (χ1) is 16.2. The molecule has 0 aromatic heterocycles. The van der Waals surface area contributed by atoms with Crippen molar-refractivity contribution < 1.29 is 63.2 Å². The molecule has 0 spiro atoms. The summed E-state index contributed by atoms with van der Waals surface area (Å²) in [5, 5.41) is 40.9. The number of hydrogen-bond donors (Lipinski definition) is 4. The lowest BCUT2D eigenvalue weighted by Crippen LogP contribution is -2.61. The Kier molecular flexibility index (Phi) is 8.65. The molecule has 190 valence electrons. The van der Waals surface area contributed by atoms with Crippen LogP contribution in [0.5, 0.6) is 11.5 Å². The van der Waals surface area contributed by atoms with E-state index in [-0.39, 0.29) is 24.5 Å². The van der Waals surface area contributed by atoms with Gasteiger partial charge in [0, 0.05) is 6.92 Å². The van der Waals surface area contributed by atoms with Crippen LogP contribution in [0.3, 0.4) is 0 Å². The molecule has 3 rings (SSSR count). The van der Waals surface area contributed by atoms with E-state index in [1.54, 1.807) is 0 Å². The monoisotopic (exact) mass is 488 g/mol. The molecular formula is C21H28O13. The number of esters is 2. The van der Waals surface area contributed by atoms with Crippen molar-refractivity contribution in [3.8, 4) is 11.5 Å². The van der Waals surface area contributed by atoms with Crippen LogP contribution in [0.4, 0.5) is 0 Å². The van der Waals surface area contributed by atoms with Crippen LogP contribution in [0.25, 0.3) is 0 Å². The van der Waals surface area contributed by atoms with Crippen LogP contribution in [-0.2, 0) is 28.5 Å². The maximum absolute atomic E-state index is 12.8. The average molecular weight is 488 g/mol. The van der Waals surface area contributed by atoms with Gasteiger partial charge >= 0.3 is 11.9 Å². The SMILES string of the molecule is COc1ccc(C(=O)O[C@H]2[C@H](O[C@@H]3[C@@H](OC(C)=O)[C@H](O)OC[C@@H]3O)OC[C@@H](O)[C@@H]2O)cc1OC. The Hall–Kier alpha value is -2.52. The molecule has 13 heteroatoms. The molecule has 0 radical (unpaired) electrons. The smallest absolute Gasteiger partial charge is 0.338 e. The minimum atomic E-state index is -1.61. The third kappa shape index (κ3) is 5.75. The molecule has 2 heterocycles. The number of hydrogen-bond acceptors (Lipinski definition) is 13. The van der Waals surface area contributed by atoms with Gasteiger partial charge in [0.2, 0.25) is 0 Å². The Bertz CT molecular complexity index is 861. The van der Waals surface area contributed by atoms with Crippen LogP contribution in [0.2, 0.25) is 0 Å². The normalized spacial score (nSPS) is 33.6. The third-order valence-electron chi connectivity index (χ3n) is 5.31. The topological polar surface area (TPSA) is 180 Å². The van der Waals surface area contributed by atoms with Crippen molar-refractivity contribution in [2.45, 2.75) is 56.1 Å². The van der Waals surface area contributed by atoms with Gasteiger partial charge in [0.1, 0.15) is 24.4 Å². The van der Waals surface area contributed by atoms with E-state index in [1.807, 2.05) is 0 Å². The van der Waals surface area contributed by atoms with Crippen LogP contribution in [0.15, 0.2) is 18.2 Å². The van der Waals surface area contributed by atoms with Gasteiger partial charge in [-0.15, -0.1) is 0 Å². The van der Waals surface area contributed by atoms with Gasteiger partial charge in [-0.3, -0.25) is 4.79 Å². The van der Waals surface area contributed by atoms with E-state index in [1.165, 1.54) is 32.4 Å². The highest BCUT2D eigenvalue weighted by Gasteiger charge is 2.49. The van der Waals surface area contributed by atoms with Gasteiger partial charge < -0.3 is 53.6 Å². The van der Waals surface area contributed by atoms with Crippen molar-refractivity contribution in [3.63, 3.8) is 0 Å². The fraction of sp³-hybridized carbons (Fsp3) is 0.619. The molecule has 2 aliphatic rings. The highest BCUT2D eigenvalue weighted by molar-refractivity contribution is 5.90. The summed E-state index contributed by atoms with van der Waals surface area (Å²) in [6.45, 7) is 0.365. The molecule has 2 aliphatic heterocycles.